The van der Waals surface area contributed by atoms with Gasteiger partial charge in [0, 0.05) is 16.6 Å². The summed E-state index contributed by atoms with van der Waals surface area (Å²) in [6, 6.07) is 20.4. The van der Waals surface area contributed by atoms with Crippen LogP contribution in [0.1, 0.15) is 133 Å². The van der Waals surface area contributed by atoms with Crippen LogP contribution in [0.5, 0.6) is 5.75 Å². The third kappa shape index (κ3) is 13.7. The number of ether oxygens (including phenoxy) is 3. The molecule has 1 aliphatic carbocycles. The number of hydrogen-bond donors (Lipinski definition) is 2. The van der Waals surface area contributed by atoms with E-state index in [-0.39, 0.29) is 26.4 Å². The number of unbranched alkanes of at least 4 members (excludes halogenated alkanes) is 2. The SMILES string of the molecule is C=C(C)C(=O)OCCCc1cc(-c2ccc(-c3ccc(C4CCC(CCCCC)CC4)cc3)c(CC)c2)cc(CCCOC(=O)C(=C)C)c1OCCC(C)(CO)CO. The highest BCUT2D eigenvalue weighted by Gasteiger charge is 2.24. The van der Waals surface area contributed by atoms with Crippen LogP contribution < -0.4 is 4.74 Å². The van der Waals surface area contributed by atoms with Crippen molar-refractivity contribution in [1.82, 2.24) is 0 Å². The molecule has 0 unspecified atom stereocenters. The van der Waals surface area contributed by atoms with E-state index in [4.69, 9.17) is 14.2 Å². The summed E-state index contributed by atoms with van der Waals surface area (Å²) in [4.78, 5) is 24.3. The Bertz CT molecular complexity index is 1740. The van der Waals surface area contributed by atoms with Crippen molar-refractivity contribution in [3.63, 3.8) is 0 Å². The van der Waals surface area contributed by atoms with Crippen LogP contribution in [0.15, 0.2) is 78.9 Å². The lowest BCUT2D eigenvalue weighted by molar-refractivity contribution is -0.139. The summed E-state index contributed by atoms with van der Waals surface area (Å²) < 4.78 is 17.4. The van der Waals surface area contributed by atoms with E-state index in [1.807, 2.05) is 6.92 Å². The molecule has 0 atom stereocenters. The quantitative estimate of drug-likeness (QED) is 0.0529. The zero-order valence-corrected chi connectivity index (χ0v) is 36.1. The topological polar surface area (TPSA) is 102 Å². The highest BCUT2D eigenvalue weighted by atomic mass is 16.5. The molecule has 0 spiro atoms. The second-order valence-corrected chi connectivity index (χ2v) is 16.9. The Morgan fingerprint density at radius 3 is 1.78 bits per heavy atom. The van der Waals surface area contributed by atoms with Crippen molar-refractivity contribution in [2.45, 2.75) is 130 Å². The van der Waals surface area contributed by atoms with E-state index < -0.39 is 17.4 Å². The Labute approximate surface area is 348 Å². The third-order valence-electron chi connectivity index (χ3n) is 11.9. The largest absolute Gasteiger partial charge is 0.493 e. The van der Waals surface area contributed by atoms with Gasteiger partial charge in [-0.15, -0.1) is 0 Å². The summed E-state index contributed by atoms with van der Waals surface area (Å²) >= 11 is 0. The fourth-order valence-electron chi connectivity index (χ4n) is 7.94. The highest BCUT2D eigenvalue weighted by molar-refractivity contribution is 5.87. The van der Waals surface area contributed by atoms with Gasteiger partial charge in [-0.05, 0) is 147 Å². The van der Waals surface area contributed by atoms with E-state index in [0.717, 1.165) is 40.3 Å². The lowest BCUT2D eigenvalue weighted by Crippen LogP contribution is -2.28. The molecule has 1 fully saturated rings. The molecule has 0 aromatic heterocycles. The van der Waals surface area contributed by atoms with Crippen molar-refractivity contribution in [2.75, 3.05) is 33.0 Å². The first-order chi connectivity index (χ1) is 27.9. The van der Waals surface area contributed by atoms with E-state index >= 15 is 0 Å². The monoisotopic (exact) mass is 795 g/mol. The molecule has 7 heteroatoms. The molecule has 1 aliphatic rings. The molecular weight excluding hydrogens is 725 g/mol. The Kier molecular flexibility index (Phi) is 18.8. The summed E-state index contributed by atoms with van der Waals surface area (Å²) in [5, 5.41) is 19.9. The number of aliphatic hydroxyl groups is 2. The van der Waals surface area contributed by atoms with Crippen LogP contribution in [0.4, 0.5) is 0 Å². The van der Waals surface area contributed by atoms with Crippen LogP contribution in [0.25, 0.3) is 22.3 Å². The molecular formula is C51H70O7. The van der Waals surface area contributed by atoms with Gasteiger partial charge >= 0.3 is 11.9 Å². The van der Waals surface area contributed by atoms with Crippen molar-refractivity contribution in [3.05, 3.63) is 101 Å². The average Bonchev–Trinajstić information content (AvgIpc) is 3.24. The van der Waals surface area contributed by atoms with Gasteiger partial charge in [-0.3, -0.25) is 0 Å². The number of benzene rings is 3. The Morgan fingerprint density at radius 1 is 0.707 bits per heavy atom. The lowest BCUT2D eigenvalue weighted by atomic mass is 9.77. The van der Waals surface area contributed by atoms with Gasteiger partial charge in [0.15, 0.2) is 0 Å². The average molecular weight is 795 g/mol. The highest BCUT2D eigenvalue weighted by Crippen LogP contribution is 2.40. The fraction of sp³-hybridized carbons (Fsp3) is 0.529. The molecule has 0 bridgehead atoms. The third-order valence-corrected chi connectivity index (χ3v) is 11.9. The van der Waals surface area contributed by atoms with Crippen molar-refractivity contribution < 1.29 is 34.0 Å². The van der Waals surface area contributed by atoms with Gasteiger partial charge in [0.1, 0.15) is 5.75 Å². The molecule has 0 radical (unpaired) electrons. The lowest BCUT2D eigenvalue weighted by Gasteiger charge is -2.29. The van der Waals surface area contributed by atoms with Gasteiger partial charge in [0.25, 0.3) is 0 Å². The van der Waals surface area contributed by atoms with Crippen LogP contribution >= 0.6 is 0 Å². The van der Waals surface area contributed by atoms with Gasteiger partial charge in [-0.1, -0.05) is 102 Å². The summed E-state index contributed by atoms with van der Waals surface area (Å²) in [6.45, 7) is 17.4. The van der Waals surface area contributed by atoms with Crippen LogP contribution in [0.2, 0.25) is 0 Å². The molecule has 2 N–H and O–H groups in total. The maximum absolute atomic E-state index is 12.1. The molecule has 3 aromatic rings. The summed E-state index contributed by atoms with van der Waals surface area (Å²) in [6.07, 6.45) is 14.4. The second kappa shape index (κ2) is 23.4. The molecule has 3 aromatic carbocycles. The molecule has 1 saturated carbocycles. The molecule has 4 rings (SSSR count). The zero-order valence-electron chi connectivity index (χ0n) is 36.1. The molecule has 0 amide bonds. The molecule has 316 valence electrons. The Balaban J connectivity index is 1.63. The van der Waals surface area contributed by atoms with E-state index in [0.29, 0.717) is 55.8 Å². The zero-order chi connectivity index (χ0) is 42.1. The maximum atomic E-state index is 12.1. The molecule has 0 saturated heterocycles. The number of carbonyl (C=O) groups is 2. The number of aliphatic hydroxyl groups excluding tert-OH is 2. The van der Waals surface area contributed by atoms with Crippen molar-refractivity contribution in [3.8, 4) is 28.0 Å². The fourth-order valence-corrected chi connectivity index (χ4v) is 7.94. The van der Waals surface area contributed by atoms with Gasteiger partial charge < -0.3 is 24.4 Å². The molecule has 0 heterocycles. The van der Waals surface area contributed by atoms with Gasteiger partial charge in [-0.25, -0.2) is 9.59 Å². The maximum Gasteiger partial charge on any atom is 0.333 e. The predicted octanol–water partition coefficient (Wildman–Crippen LogP) is 11.3. The standard InChI is InChI=1S/C51H70O7/c1-8-10-11-14-38-17-19-40(20-18-38)41-21-23-42(24-22-41)47-26-25-43(31-39(47)9-2)46-32-44(15-12-28-57-49(54)36(3)4)48(56-30-27-51(7,34-52)35-53)45(33-46)16-13-29-58-50(55)37(5)6/h21-26,31-33,38,40,52-53H,3,5,8-20,27-30,34-35H2,1-2,4,6-7H3. The Hall–Kier alpha value is -4.20. The summed E-state index contributed by atoms with van der Waals surface area (Å²) in [5.41, 5.74) is 9.34. The smallest absolute Gasteiger partial charge is 0.333 e. The molecule has 0 aliphatic heterocycles. The summed E-state index contributed by atoms with van der Waals surface area (Å²) in [7, 11) is 0. The first kappa shape index (κ1) is 46.5. The van der Waals surface area contributed by atoms with Crippen LogP contribution in [-0.4, -0.2) is 55.2 Å². The minimum atomic E-state index is -0.681. The molecule has 7 nitrogen and oxygen atoms in total. The number of rotatable bonds is 24. The number of esters is 2. The van der Waals surface area contributed by atoms with Crippen LogP contribution in [0, 0.1) is 11.3 Å². The predicted molar refractivity (Wildman–Crippen MR) is 236 cm³/mol. The number of carbonyl (C=O) groups excluding carboxylic acids is 2. The first-order valence-electron chi connectivity index (χ1n) is 21.8. The van der Waals surface area contributed by atoms with E-state index in [9.17, 15) is 19.8 Å². The van der Waals surface area contributed by atoms with Crippen molar-refractivity contribution in [2.24, 2.45) is 11.3 Å². The van der Waals surface area contributed by atoms with E-state index in [2.05, 4.69) is 81.6 Å². The normalized spacial score (nSPS) is 15.5. The van der Waals surface area contributed by atoms with Crippen LogP contribution in [-0.2, 0) is 38.3 Å². The molecule has 58 heavy (non-hydrogen) atoms. The van der Waals surface area contributed by atoms with Crippen molar-refractivity contribution in [1.29, 1.82) is 0 Å². The second-order valence-electron chi connectivity index (χ2n) is 16.9. The minimum absolute atomic E-state index is 0.159. The van der Waals surface area contributed by atoms with Crippen LogP contribution in [0.3, 0.4) is 0 Å². The first-order valence-corrected chi connectivity index (χ1v) is 21.8. The number of hydrogen-bond acceptors (Lipinski definition) is 7. The van der Waals surface area contributed by atoms with Crippen molar-refractivity contribution >= 4 is 11.9 Å². The van der Waals surface area contributed by atoms with Gasteiger partial charge in [-0.2, -0.15) is 0 Å². The minimum Gasteiger partial charge on any atom is -0.493 e. The summed E-state index contributed by atoms with van der Waals surface area (Å²) in [5.74, 6) is 1.47. The number of aryl methyl sites for hydroxylation is 3. The van der Waals surface area contributed by atoms with Gasteiger partial charge in [0.05, 0.1) is 33.0 Å². The van der Waals surface area contributed by atoms with E-state index in [1.165, 1.54) is 73.6 Å². The Morgan fingerprint density at radius 2 is 1.26 bits per heavy atom. The van der Waals surface area contributed by atoms with Gasteiger partial charge in [0.2, 0.25) is 0 Å². The van der Waals surface area contributed by atoms with E-state index in [1.54, 1.807) is 13.8 Å².